The summed E-state index contributed by atoms with van der Waals surface area (Å²) >= 11 is 0. The topological polar surface area (TPSA) is 82.2 Å². The first-order chi connectivity index (χ1) is 15.3. The molecule has 0 amide bonds. The van der Waals surface area contributed by atoms with E-state index in [4.69, 9.17) is 9.15 Å². The van der Waals surface area contributed by atoms with E-state index in [1.165, 1.54) is 4.68 Å². The van der Waals surface area contributed by atoms with Crippen LogP contribution in [-0.2, 0) is 12.0 Å². The number of ether oxygens (including phenoxy) is 1. The van der Waals surface area contributed by atoms with E-state index in [1.54, 1.807) is 13.4 Å². The van der Waals surface area contributed by atoms with E-state index < -0.39 is 0 Å². The van der Waals surface area contributed by atoms with Crippen LogP contribution < -0.4 is 10.1 Å². The summed E-state index contributed by atoms with van der Waals surface area (Å²) in [5.41, 5.74) is 2.47. The summed E-state index contributed by atoms with van der Waals surface area (Å²) in [6.07, 6.45) is 1.60. The molecular weight excluding hydrogens is 404 g/mol. The molecular formula is C25H26N4O3. The first-order valence-electron chi connectivity index (χ1n) is 10.4. The summed E-state index contributed by atoms with van der Waals surface area (Å²) in [6.45, 7) is 6.79. The maximum atomic E-state index is 13.3. The van der Waals surface area contributed by atoms with Crippen LogP contribution in [0.3, 0.4) is 0 Å². The molecule has 0 bridgehead atoms. The number of hydrogen-bond donors (Lipinski definition) is 1. The molecule has 2 aromatic heterocycles. The maximum Gasteiger partial charge on any atom is 0.281 e. The number of furan rings is 1. The lowest BCUT2D eigenvalue weighted by atomic mass is 9.87. The third-order valence-electron chi connectivity index (χ3n) is 5.15. The number of carbonyl (C=O) groups excluding carboxylic acids is 1. The average molecular weight is 431 g/mol. The van der Waals surface area contributed by atoms with Crippen LogP contribution in [0.2, 0.25) is 0 Å². The predicted octanol–water partition coefficient (Wildman–Crippen LogP) is 5.14. The molecule has 7 nitrogen and oxygen atoms in total. The van der Waals surface area contributed by atoms with Crippen molar-refractivity contribution in [2.24, 2.45) is 0 Å². The van der Waals surface area contributed by atoms with Gasteiger partial charge in [-0.25, -0.2) is 0 Å². The molecule has 0 aliphatic heterocycles. The average Bonchev–Trinajstić information content (AvgIpc) is 3.47. The van der Waals surface area contributed by atoms with Crippen molar-refractivity contribution in [1.82, 2.24) is 14.8 Å². The molecule has 164 valence electrons. The number of carbonyl (C=O) groups is 1. The molecule has 0 unspecified atom stereocenters. The Morgan fingerprint density at radius 3 is 2.38 bits per heavy atom. The summed E-state index contributed by atoms with van der Waals surface area (Å²) < 4.78 is 11.9. The number of benzene rings is 2. The molecule has 2 aromatic carbocycles. The van der Waals surface area contributed by atoms with Crippen molar-refractivity contribution < 1.29 is 13.9 Å². The van der Waals surface area contributed by atoms with Crippen LogP contribution in [0.1, 0.15) is 42.5 Å². The monoisotopic (exact) mass is 430 g/mol. The Balaban J connectivity index is 1.67. The molecule has 1 N–H and O–H groups in total. The number of nitrogens with one attached hydrogen (secondary N) is 1. The van der Waals surface area contributed by atoms with Crippen LogP contribution >= 0.6 is 0 Å². The highest BCUT2D eigenvalue weighted by atomic mass is 16.5. The van der Waals surface area contributed by atoms with Crippen molar-refractivity contribution >= 4 is 11.9 Å². The van der Waals surface area contributed by atoms with Crippen molar-refractivity contribution in [2.45, 2.75) is 32.7 Å². The van der Waals surface area contributed by atoms with E-state index in [0.717, 1.165) is 22.6 Å². The van der Waals surface area contributed by atoms with E-state index in [-0.39, 0.29) is 11.3 Å². The Kier molecular flexibility index (Phi) is 5.81. The molecule has 0 atom stereocenters. The van der Waals surface area contributed by atoms with E-state index in [2.05, 4.69) is 36.2 Å². The summed E-state index contributed by atoms with van der Waals surface area (Å²) in [4.78, 5) is 17.9. The van der Waals surface area contributed by atoms with E-state index in [9.17, 15) is 4.79 Å². The number of methoxy groups -OCH3 is 1. The van der Waals surface area contributed by atoms with Gasteiger partial charge in [0.1, 0.15) is 11.5 Å². The van der Waals surface area contributed by atoms with Crippen LogP contribution in [0.4, 0.5) is 5.95 Å². The molecule has 32 heavy (non-hydrogen) atoms. The lowest BCUT2D eigenvalue weighted by molar-refractivity contribution is 0.0947. The van der Waals surface area contributed by atoms with Gasteiger partial charge in [0.05, 0.1) is 19.9 Å². The Morgan fingerprint density at radius 1 is 1.06 bits per heavy atom. The van der Waals surface area contributed by atoms with Crippen LogP contribution in [0, 0.1) is 0 Å². The lowest BCUT2D eigenvalue weighted by Crippen LogP contribution is -2.18. The lowest BCUT2D eigenvalue weighted by Gasteiger charge is -2.19. The van der Waals surface area contributed by atoms with Gasteiger partial charge in [0.15, 0.2) is 5.82 Å². The quantitative estimate of drug-likeness (QED) is 0.456. The van der Waals surface area contributed by atoms with E-state index in [0.29, 0.717) is 23.9 Å². The molecule has 0 aliphatic carbocycles. The normalized spacial score (nSPS) is 11.4. The van der Waals surface area contributed by atoms with E-state index in [1.807, 2.05) is 60.7 Å². The van der Waals surface area contributed by atoms with Gasteiger partial charge in [-0.05, 0) is 59.5 Å². The van der Waals surface area contributed by atoms with Crippen LogP contribution in [0.15, 0.2) is 71.3 Å². The summed E-state index contributed by atoms with van der Waals surface area (Å²) in [5.74, 6) is 1.98. The van der Waals surface area contributed by atoms with Gasteiger partial charge in [0.2, 0.25) is 5.95 Å². The Bertz CT molecular complexity index is 1190. The number of rotatable bonds is 6. The zero-order chi connectivity index (χ0) is 22.7. The second-order valence-electron chi connectivity index (χ2n) is 8.46. The Labute approximate surface area is 187 Å². The van der Waals surface area contributed by atoms with Gasteiger partial charge in [-0.15, -0.1) is 5.10 Å². The van der Waals surface area contributed by atoms with Crippen LogP contribution in [0.5, 0.6) is 5.75 Å². The van der Waals surface area contributed by atoms with Crippen molar-refractivity contribution in [1.29, 1.82) is 0 Å². The molecule has 4 aromatic rings. The molecule has 7 heteroatoms. The third-order valence-corrected chi connectivity index (χ3v) is 5.15. The maximum absolute atomic E-state index is 13.3. The fourth-order valence-corrected chi connectivity index (χ4v) is 3.24. The fraction of sp³-hybridized carbons (Fsp3) is 0.240. The molecule has 0 saturated carbocycles. The van der Waals surface area contributed by atoms with Gasteiger partial charge in [0.25, 0.3) is 5.91 Å². The molecule has 4 rings (SSSR count). The molecule has 0 saturated heterocycles. The second-order valence-corrected chi connectivity index (χ2v) is 8.46. The number of aromatic nitrogens is 3. The Morgan fingerprint density at radius 2 is 1.78 bits per heavy atom. The minimum Gasteiger partial charge on any atom is -0.497 e. The fourth-order valence-electron chi connectivity index (χ4n) is 3.24. The highest BCUT2D eigenvalue weighted by Gasteiger charge is 2.20. The van der Waals surface area contributed by atoms with E-state index >= 15 is 0 Å². The molecule has 2 heterocycles. The van der Waals surface area contributed by atoms with Crippen molar-refractivity contribution in [3.63, 3.8) is 0 Å². The molecule has 0 radical (unpaired) electrons. The zero-order valence-electron chi connectivity index (χ0n) is 18.6. The highest BCUT2D eigenvalue weighted by Crippen LogP contribution is 2.24. The summed E-state index contributed by atoms with van der Waals surface area (Å²) in [5, 5.41) is 7.67. The predicted molar refractivity (Wildman–Crippen MR) is 123 cm³/mol. The van der Waals surface area contributed by atoms with Gasteiger partial charge in [-0.3, -0.25) is 4.79 Å². The van der Waals surface area contributed by atoms with Gasteiger partial charge >= 0.3 is 0 Å². The first kappa shape index (κ1) is 21.4. The van der Waals surface area contributed by atoms with Crippen molar-refractivity contribution in [3.05, 3.63) is 83.8 Å². The number of nitrogens with zero attached hydrogens (tertiary/aromatic N) is 3. The number of anilines is 1. The highest BCUT2D eigenvalue weighted by molar-refractivity contribution is 5.97. The number of hydrogen-bond acceptors (Lipinski definition) is 6. The third kappa shape index (κ3) is 4.56. The van der Waals surface area contributed by atoms with Gasteiger partial charge in [-0.2, -0.15) is 9.67 Å². The standard InChI is InChI=1S/C25H26N4O3/c1-25(2,3)19-11-7-18(8-12-19)23(30)29-24(26-16-21-6-5-15-32-21)27-22(28-29)17-9-13-20(31-4)14-10-17/h5-15H,16H2,1-4H3,(H,26,27,28). The van der Waals surface area contributed by atoms with Crippen LogP contribution in [-0.4, -0.2) is 27.8 Å². The Hall–Kier alpha value is -3.87. The van der Waals surface area contributed by atoms with Crippen LogP contribution in [0.25, 0.3) is 11.4 Å². The minimum atomic E-state index is -0.264. The van der Waals surface area contributed by atoms with Gasteiger partial charge < -0.3 is 14.5 Å². The summed E-state index contributed by atoms with van der Waals surface area (Å²) in [7, 11) is 1.61. The smallest absolute Gasteiger partial charge is 0.281 e. The zero-order valence-corrected chi connectivity index (χ0v) is 18.6. The SMILES string of the molecule is COc1ccc(-c2nc(NCc3ccco3)n(C(=O)c3ccc(C(C)(C)C)cc3)n2)cc1. The van der Waals surface area contributed by atoms with Gasteiger partial charge in [0, 0.05) is 11.1 Å². The molecule has 0 aliphatic rings. The van der Waals surface area contributed by atoms with Crippen molar-refractivity contribution in [2.75, 3.05) is 12.4 Å². The second kappa shape index (κ2) is 8.70. The van der Waals surface area contributed by atoms with Crippen molar-refractivity contribution in [3.8, 4) is 17.1 Å². The molecule has 0 fully saturated rings. The summed E-state index contributed by atoms with van der Waals surface area (Å²) in [6, 6.07) is 18.7. The minimum absolute atomic E-state index is 0.00608. The van der Waals surface area contributed by atoms with Gasteiger partial charge in [-0.1, -0.05) is 32.9 Å². The molecule has 0 spiro atoms. The first-order valence-corrected chi connectivity index (χ1v) is 10.4. The largest absolute Gasteiger partial charge is 0.497 e.